The molecule has 3 heteroatoms. The summed E-state index contributed by atoms with van der Waals surface area (Å²) in [6.07, 6.45) is 4.42. The highest BCUT2D eigenvalue weighted by Crippen LogP contribution is 2.42. The van der Waals surface area contributed by atoms with Gasteiger partial charge < -0.3 is 13.9 Å². The quantitative estimate of drug-likeness (QED) is 0.145. The molecule has 3 nitrogen and oxygen atoms in total. The minimum Gasteiger partial charge on any atom is -0.455 e. The van der Waals surface area contributed by atoms with Crippen LogP contribution in [0.15, 0.2) is 211 Å². The number of nitrogens with zero attached hydrogens (tertiary/aromatic N) is 2. The molecule has 0 spiro atoms. The van der Waals surface area contributed by atoms with Gasteiger partial charge in [0, 0.05) is 49.9 Å². The summed E-state index contributed by atoms with van der Waals surface area (Å²) in [5.74, 6) is 0. The van der Waals surface area contributed by atoms with E-state index in [1.165, 1.54) is 44.1 Å². The lowest BCUT2D eigenvalue weighted by Crippen LogP contribution is -2.10. The van der Waals surface area contributed by atoms with Gasteiger partial charge in [-0.25, -0.2) is 0 Å². The van der Waals surface area contributed by atoms with Crippen molar-refractivity contribution in [3.8, 4) is 16.8 Å². The molecule has 0 fully saturated rings. The average molecular weight is 733 g/mol. The van der Waals surface area contributed by atoms with E-state index in [-0.39, 0.29) is 0 Å². The molecule has 10 rings (SSSR count). The third-order valence-corrected chi connectivity index (χ3v) is 11.2. The summed E-state index contributed by atoms with van der Waals surface area (Å²) < 4.78 is 8.79. The molecule has 0 radical (unpaired) electrons. The van der Waals surface area contributed by atoms with Gasteiger partial charge in [0.15, 0.2) is 0 Å². The number of allylic oxidation sites excluding steroid dienone is 4. The van der Waals surface area contributed by atoms with E-state index in [9.17, 15) is 0 Å². The molecule has 0 unspecified atom stereocenters. The van der Waals surface area contributed by atoms with Gasteiger partial charge in [-0.15, -0.1) is 0 Å². The van der Waals surface area contributed by atoms with Crippen LogP contribution in [-0.4, -0.2) is 4.57 Å². The van der Waals surface area contributed by atoms with Crippen LogP contribution in [0.25, 0.3) is 71.7 Å². The number of rotatable bonds is 8. The van der Waals surface area contributed by atoms with Crippen LogP contribution in [0.3, 0.4) is 0 Å². The van der Waals surface area contributed by atoms with E-state index in [2.05, 4.69) is 217 Å². The Labute approximate surface area is 332 Å². The third-order valence-electron chi connectivity index (χ3n) is 11.2. The maximum atomic E-state index is 6.43. The van der Waals surface area contributed by atoms with Gasteiger partial charge in [-0.2, -0.15) is 0 Å². The molecule has 2 aromatic heterocycles. The van der Waals surface area contributed by atoms with E-state index in [1.807, 2.05) is 12.1 Å². The molecule has 0 N–H and O–H groups in total. The molecule has 2 heterocycles. The van der Waals surface area contributed by atoms with Crippen molar-refractivity contribution < 1.29 is 4.42 Å². The second kappa shape index (κ2) is 14.4. The Morgan fingerprint density at radius 1 is 0.456 bits per heavy atom. The molecule has 10 aromatic rings. The molecule has 0 aliphatic rings. The molecule has 272 valence electrons. The molecular weight excluding hydrogens is 693 g/mol. The zero-order valence-electron chi connectivity index (χ0n) is 31.9. The predicted octanol–water partition coefficient (Wildman–Crippen LogP) is 15.3. The topological polar surface area (TPSA) is 21.3 Å². The van der Waals surface area contributed by atoms with E-state index in [0.29, 0.717) is 0 Å². The summed E-state index contributed by atoms with van der Waals surface area (Å²) in [5, 5.41) is 4.70. The normalized spacial score (nSPS) is 12.2. The molecule has 0 amide bonds. The molecule has 57 heavy (non-hydrogen) atoms. The Morgan fingerprint density at radius 3 is 1.75 bits per heavy atom. The van der Waals surface area contributed by atoms with Crippen LogP contribution >= 0.6 is 0 Å². The molecule has 8 aromatic carbocycles. The van der Waals surface area contributed by atoms with Crippen molar-refractivity contribution >= 4 is 72.0 Å². The van der Waals surface area contributed by atoms with Crippen LogP contribution in [0.4, 0.5) is 17.1 Å². The van der Waals surface area contributed by atoms with E-state index < -0.39 is 0 Å². The van der Waals surface area contributed by atoms with Crippen LogP contribution in [-0.2, 0) is 0 Å². The monoisotopic (exact) mass is 732 g/mol. The highest BCUT2D eigenvalue weighted by molar-refractivity contribution is 6.11. The highest BCUT2D eigenvalue weighted by atomic mass is 16.3. The molecule has 0 saturated carbocycles. The van der Waals surface area contributed by atoms with Crippen molar-refractivity contribution in [1.29, 1.82) is 0 Å². The van der Waals surface area contributed by atoms with Crippen LogP contribution in [0.5, 0.6) is 0 Å². The van der Waals surface area contributed by atoms with Crippen molar-refractivity contribution in [3.63, 3.8) is 0 Å². The summed E-state index contributed by atoms with van der Waals surface area (Å²) in [6, 6.07) is 69.2. The summed E-state index contributed by atoms with van der Waals surface area (Å²) in [5.41, 5.74) is 15.6. The maximum Gasteiger partial charge on any atom is 0.143 e. The van der Waals surface area contributed by atoms with E-state index in [1.54, 1.807) is 0 Å². The lowest BCUT2D eigenvalue weighted by atomic mass is 10.0. The number of benzene rings is 8. The smallest absolute Gasteiger partial charge is 0.143 e. The Balaban J connectivity index is 1.08. The minimum absolute atomic E-state index is 0.905. The first-order valence-corrected chi connectivity index (χ1v) is 19.5. The highest BCUT2D eigenvalue weighted by Gasteiger charge is 2.18. The first-order valence-electron chi connectivity index (χ1n) is 19.5. The largest absolute Gasteiger partial charge is 0.455 e. The zero-order chi connectivity index (χ0) is 38.3. The molecule has 0 bridgehead atoms. The lowest BCUT2D eigenvalue weighted by Gasteiger charge is -2.26. The van der Waals surface area contributed by atoms with Crippen LogP contribution in [0, 0.1) is 0 Å². The number of hydrogen-bond donors (Lipinski definition) is 0. The van der Waals surface area contributed by atoms with Gasteiger partial charge in [-0.05, 0) is 108 Å². The maximum absolute atomic E-state index is 6.43. The second-order valence-electron chi connectivity index (χ2n) is 14.7. The van der Waals surface area contributed by atoms with Crippen molar-refractivity contribution in [2.45, 2.75) is 13.8 Å². The van der Waals surface area contributed by atoms with Gasteiger partial charge in [0.25, 0.3) is 0 Å². The Hall–Kier alpha value is -7.36. The van der Waals surface area contributed by atoms with E-state index >= 15 is 0 Å². The average Bonchev–Trinajstić information content (AvgIpc) is 3.82. The van der Waals surface area contributed by atoms with Gasteiger partial charge in [0.1, 0.15) is 11.2 Å². The Bertz CT molecular complexity index is 3110. The fourth-order valence-electron chi connectivity index (χ4n) is 8.18. The van der Waals surface area contributed by atoms with Gasteiger partial charge in [-0.1, -0.05) is 140 Å². The number of hydrogen-bond acceptors (Lipinski definition) is 2. The summed E-state index contributed by atoms with van der Waals surface area (Å²) in [7, 11) is 0. The van der Waals surface area contributed by atoms with Gasteiger partial charge in [0.05, 0.1) is 11.0 Å². The minimum atomic E-state index is 0.905. The van der Waals surface area contributed by atoms with Crippen molar-refractivity contribution in [3.05, 3.63) is 217 Å². The fourth-order valence-corrected chi connectivity index (χ4v) is 8.18. The Kier molecular flexibility index (Phi) is 8.61. The van der Waals surface area contributed by atoms with Crippen molar-refractivity contribution in [2.24, 2.45) is 0 Å². The van der Waals surface area contributed by atoms with Crippen LogP contribution < -0.4 is 4.90 Å². The Morgan fingerprint density at radius 2 is 1.02 bits per heavy atom. The lowest BCUT2D eigenvalue weighted by molar-refractivity contribution is 0.670. The molecule has 0 atom stereocenters. The van der Waals surface area contributed by atoms with Gasteiger partial charge in [0.2, 0.25) is 0 Å². The number of furan rings is 1. The zero-order valence-corrected chi connectivity index (χ0v) is 31.9. The van der Waals surface area contributed by atoms with Gasteiger partial charge in [-0.3, -0.25) is 0 Å². The second-order valence-corrected chi connectivity index (χ2v) is 14.7. The van der Waals surface area contributed by atoms with Crippen molar-refractivity contribution in [2.75, 3.05) is 4.90 Å². The number of para-hydroxylation sites is 4. The van der Waals surface area contributed by atoms with E-state index in [0.717, 1.165) is 55.8 Å². The number of anilines is 3. The predicted molar refractivity (Wildman–Crippen MR) is 242 cm³/mol. The van der Waals surface area contributed by atoms with Crippen LogP contribution in [0.2, 0.25) is 0 Å². The van der Waals surface area contributed by atoms with Crippen LogP contribution in [0.1, 0.15) is 25.0 Å². The summed E-state index contributed by atoms with van der Waals surface area (Å²) in [6.45, 7) is 4.34. The molecule has 0 aliphatic carbocycles. The standard InChI is InChI=1S/C54H40N2O/c1-37(39-14-5-3-6-15-39)24-25-38(2)40-26-30-43(31-27-40)55(44-32-28-41(29-33-44)46-20-13-21-49-48-19-10-12-23-53(48)57-54(46)49)45-34-35-52-50(36-45)47-18-9-11-22-51(47)56(52)42-16-7-4-8-17-42/h3-36H,1-2H3/b37-24+,38-25+. The number of fused-ring (bicyclic) bond motifs is 6. The summed E-state index contributed by atoms with van der Waals surface area (Å²) in [4.78, 5) is 2.36. The first kappa shape index (κ1) is 34.2. The fraction of sp³-hybridized carbons (Fsp3) is 0.0370. The van der Waals surface area contributed by atoms with E-state index in [4.69, 9.17) is 4.42 Å². The SMILES string of the molecule is C/C(=C\C=C(/C)c1ccc(N(c2ccc(-c3cccc4c3oc3ccccc34)cc2)c2ccc3c(c2)c2ccccc2n3-c2ccccc2)cc1)c1ccccc1. The molecule has 0 saturated heterocycles. The summed E-state index contributed by atoms with van der Waals surface area (Å²) >= 11 is 0. The number of aromatic nitrogens is 1. The third kappa shape index (κ3) is 6.20. The molecular formula is C54H40N2O. The first-order chi connectivity index (χ1) is 28.1. The van der Waals surface area contributed by atoms with Crippen molar-refractivity contribution in [1.82, 2.24) is 4.57 Å². The van der Waals surface area contributed by atoms with Gasteiger partial charge >= 0.3 is 0 Å². The molecule has 0 aliphatic heterocycles.